The summed E-state index contributed by atoms with van der Waals surface area (Å²) < 4.78 is 0. The Balaban J connectivity index is 2.49. The fourth-order valence-electron chi connectivity index (χ4n) is 1.43. The number of hydrogen-bond donors (Lipinski definition) is 2. The summed E-state index contributed by atoms with van der Waals surface area (Å²) in [5.41, 5.74) is 2.10. The predicted molar refractivity (Wildman–Crippen MR) is 41.5 cm³/mol. The van der Waals surface area contributed by atoms with Crippen LogP contribution < -0.4 is 5.84 Å². The third-order valence-corrected chi connectivity index (χ3v) is 1.98. The minimum Gasteiger partial charge on any atom is -0.508 e. The van der Waals surface area contributed by atoms with E-state index in [9.17, 15) is 5.11 Å². The van der Waals surface area contributed by atoms with Crippen LogP contribution in [0.5, 0.6) is 5.75 Å². The maximum Gasteiger partial charge on any atom is 0.120 e. The van der Waals surface area contributed by atoms with Crippen LogP contribution >= 0.6 is 0 Å². The van der Waals surface area contributed by atoms with Gasteiger partial charge in [-0.05, 0) is 11.6 Å². The first-order valence-electron chi connectivity index (χ1n) is 3.57. The van der Waals surface area contributed by atoms with Gasteiger partial charge in [0.15, 0.2) is 0 Å². The summed E-state index contributed by atoms with van der Waals surface area (Å²) in [6.07, 6.45) is 0. The quantitative estimate of drug-likeness (QED) is 0.532. The van der Waals surface area contributed by atoms with Gasteiger partial charge in [-0.15, -0.1) is 0 Å². The van der Waals surface area contributed by atoms with Crippen LogP contribution in [0.3, 0.4) is 0 Å². The minimum absolute atomic E-state index is 0.357. The van der Waals surface area contributed by atoms with E-state index < -0.39 is 0 Å². The Morgan fingerprint density at radius 3 is 2.91 bits per heavy atom. The Morgan fingerprint density at radius 1 is 1.36 bits per heavy atom. The first-order valence-corrected chi connectivity index (χ1v) is 3.57. The average molecular weight is 150 g/mol. The molecule has 0 fully saturated rings. The number of rotatable bonds is 0. The highest BCUT2D eigenvalue weighted by Gasteiger charge is 2.18. The zero-order valence-electron chi connectivity index (χ0n) is 6.12. The van der Waals surface area contributed by atoms with Crippen molar-refractivity contribution in [2.45, 2.75) is 13.1 Å². The lowest BCUT2D eigenvalue weighted by Crippen LogP contribution is -2.23. The van der Waals surface area contributed by atoms with E-state index in [0.29, 0.717) is 12.3 Å². The van der Waals surface area contributed by atoms with Gasteiger partial charge in [0.05, 0.1) is 0 Å². The minimum atomic E-state index is 0.357. The fourth-order valence-corrected chi connectivity index (χ4v) is 1.43. The van der Waals surface area contributed by atoms with Crippen molar-refractivity contribution in [1.29, 1.82) is 0 Å². The number of aromatic hydroxyl groups is 1. The van der Waals surface area contributed by atoms with E-state index in [1.54, 1.807) is 11.1 Å². The molecule has 3 N–H and O–H groups in total. The number of nitrogens with two attached hydrogens (primary N) is 1. The lowest BCUT2D eigenvalue weighted by atomic mass is 10.1. The van der Waals surface area contributed by atoms with Crippen molar-refractivity contribution in [3.05, 3.63) is 29.3 Å². The van der Waals surface area contributed by atoms with Crippen molar-refractivity contribution in [3.8, 4) is 5.75 Å². The van der Waals surface area contributed by atoms with Gasteiger partial charge in [0, 0.05) is 18.7 Å². The van der Waals surface area contributed by atoms with E-state index in [4.69, 9.17) is 5.84 Å². The number of fused-ring (bicyclic) bond motifs is 1. The average Bonchev–Trinajstić information content (AvgIpc) is 2.31. The number of phenols is 1. The molecule has 58 valence electrons. The molecule has 0 unspecified atom stereocenters. The standard InChI is InChI=1S/C8H10N2O/c9-10-4-6-2-1-3-8(11)7(6)5-10/h1-3,11H,4-5,9H2. The molecule has 1 aromatic rings. The molecule has 0 amide bonds. The van der Waals surface area contributed by atoms with Gasteiger partial charge >= 0.3 is 0 Å². The van der Waals surface area contributed by atoms with Crippen molar-refractivity contribution in [3.63, 3.8) is 0 Å². The monoisotopic (exact) mass is 150 g/mol. The Kier molecular flexibility index (Phi) is 1.34. The van der Waals surface area contributed by atoms with E-state index in [-0.39, 0.29) is 0 Å². The zero-order valence-corrected chi connectivity index (χ0v) is 6.12. The highest BCUT2D eigenvalue weighted by atomic mass is 16.3. The Morgan fingerprint density at radius 2 is 2.18 bits per heavy atom. The molecule has 11 heavy (non-hydrogen) atoms. The Hall–Kier alpha value is -1.06. The van der Waals surface area contributed by atoms with Crippen molar-refractivity contribution >= 4 is 0 Å². The SMILES string of the molecule is NN1Cc2cccc(O)c2C1. The number of phenolic OH excluding ortho intramolecular Hbond substituents is 1. The second kappa shape index (κ2) is 2.22. The molecular formula is C8H10N2O. The van der Waals surface area contributed by atoms with Crippen LogP contribution in [0.1, 0.15) is 11.1 Å². The van der Waals surface area contributed by atoms with E-state index in [1.807, 2.05) is 12.1 Å². The summed E-state index contributed by atoms with van der Waals surface area (Å²) in [6, 6.07) is 5.52. The molecule has 1 aliphatic rings. The van der Waals surface area contributed by atoms with Gasteiger partial charge in [-0.2, -0.15) is 0 Å². The third-order valence-electron chi connectivity index (χ3n) is 1.98. The van der Waals surface area contributed by atoms with Crippen LogP contribution in [0, 0.1) is 0 Å². The molecule has 0 spiro atoms. The summed E-state index contributed by atoms with van der Waals surface area (Å²) >= 11 is 0. The Bertz CT molecular complexity index is 285. The van der Waals surface area contributed by atoms with Gasteiger partial charge in [-0.3, -0.25) is 5.84 Å². The lowest BCUT2D eigenvalue weighted by molar-refractivity contribution is 0.293. The third kappa shape index (κ3) is 0.982. The van der Waals surface area contributed by atoms with E-state index in [0.717, 1.165) is 17.7 Å². The lowest BCUT2D eigenvalue weighted by Gasteiger charge is -2.03. The molecule has 0 bridgehead atoms. The fraction of sp³-hybridized carbons (Fsp3) is 0.250. The van der Waals surface area contributed by atoms with Crippen molar-refractivity contribution < 1.29 is 5.11 Å². The summed E-state index contributed by atoms with van der Waals surface area (Å²) in [5, 5.41) is 11.1. The van der Waals surface area contributed by atoms with Crippen LogP contribution in [0.15, 0.2) is 18.2 Å². The van der Waals surface area contributed by atoms with Gasteiger partial charge in [0.25, 0.3) is 0 Å². The van der Waals surface area contributed by atoms with Crippen LogP contribution in [-0.2, 0) is 13.1 Å². The largest absolute Gasteiger partial charge is 0.508 e. The molecule has 1 aliphatic heterocycles. The number of hydrogen-bond acceptors (Lipinski definition) is 3. The summed E-state index contributed by atoms with van der Waals surface area (Å²) in [5.74, 6) is 5.93. The number of benzene rings is 1. The van der Waals surface area contributed by atoms with Crippen LogP contribution in [0.4, 0.5) is 0 Å². The summed E-state index contributed by atoms with van der Waals surface area (Å²) in [6.45, 7) is 1.39. The van der Waals surface area contributed by atoms with Crippen molar-refractivity contribution in [2.75, 3.05) is 0 Å². The zero-order chi connectivity index (χ0) is 7.84. The van der Waals surface area contributed by atoms with Gasteiger partial charge in [-0.1, -0.05) is 12.1 Å². The second-order valence-electron chi connectivity index (χ2n) is 2.82. The van der Waals surface area contributed by atoms with E-state index in [2.05, 4.69) is 0 Å². The Labute approximate surface area is 65.0 Å². The molecule has 0 radical (unpaired) electrons. The van der Waals surface area contributed by atoms with Crippen LogP contribution in [0.2, 0.25) is 0 Å². The number of nitrogens with zero attached hydrogens (tertiary/aromatic N) is 1. The van der Waals surface area contributed by atoms with Crippen LogP contribution in [-0.4, -0.2) is 10.1 Å². The molecule has 0 saturated heterocycles. The first kappa shape index (κ1) is 6.64. The summed E-state index contributed by atoms with van der Waals surface area (Å²) in [4.78, 5) is 0. The van der Waals surface area contributed by atoms with Gasteiger partial charge < -0.3 is 5.11 Å². The summed E-state index contributed by atoms with van der Waals surface area (Å²) in [7, 11) is 0. The molecule has 0 atom stereocenters. The van der Waals surface area contributed by atoms with Crippen molar-refractivity contribution in [1.82, 2.24) is 5.01 Å². The van der Waals surface area contributed by atoms with Gasteiger partial charge in [0.1, 0.15) is 5.75 Å². The van der Waals surface area contributed by atoms with E-state index in [1.165, 1.54) is 0 Å². The highest BCUT2D eigenvalue weighted by Crippen LogP contribution is 2.27. The first-order chi connectivity index (χ1) is 5.27. The molecule has 0 aromatic heterocycles. The van der Waals surface area contributed by atoms with Gasteiger partial charge in [-0.25, -0.2) is 5.01 Å². The van der Waals surface area contributed by atoms with Gasteiger partial charge in [0.2, 0.25) is 0 Å². The maximum absolute atomic E-state index is 9.37. The van der Waals surface area contributed by atoms with Crippen molar-refractivity contribution in [2.24, 2.45) is 5.84 Å². The smallest absolute Gasteiger partial charge is 0.120 e. The highest BCUT2D eigenvalue weighted by molar-refractivity contribution is 5.41. The number of hydrazine groups is 1. The van der Waals surface area contributed by atoms with E-state index >= 15 is 0 Å². The molecule has 3 nitrogen and oxygen atoms in total. The normalized spacial score (nSPS) is 16.8. The predicted octanol–water partition coefficient (Wildman–Crippen LogP) is 0.582. The molecular weight excluding hydrogens is 140 g/mol. The topological polar surface area (TPSA) is 49.5 Å². The molecule has 0 aliphatic carbocycles. The maximum atomic E-state index is 9.37. The molecule has 3 heteroatoms. The molecule has 2 rings (SSSR count). The second-order valence-corrected chi connectivity index (χ2v) is 2.82. The molecule has 1 heterocycles. The molecule has 0 saturated carbocycles. The van der Waals surface area contributed by atoms with Crippen LogP contribution in [0.25, 0.3) is 0 Å². The molecule has 1 aromatic carbocycles.